The van der Waals surface area contributed by atoms with E-state index in [1.165, 1.54) is 29.3 Å². The molecule has 0 atom stereocenters. The molecule has 0 amide bonds. The van der Waals surface area contributed by atoms with Crippen molar-refractivity contribution in [3.05, 3.63) is 40.6 Å². The minimum atomic E-state index is 0.854. The van der Waals surface area contributed by atoms with E-state index in [1.54, 1.807) is 0 Å². The summed E-state index contributed by atoms with van der Waals surface area (Å²) < 4.78 is 2.34. The largest absolute Gasteiger partial charge is 0.341 e. The van der Waals surface area contributed by atoms with E-state index in [-0.39, 0.29) is 0 Å². The highest BCUT2D eigenvalue weighted by Crippen LogP contribution is 2.30. The van der Waals surface area contributed by atoms with Gasteiger partial charge in [-0.05, 0) is 56.4 Å². The Hall–Kier alpha value is -1.50. The predicted octanol–water partition coefficient (Wildman–Crippen LogP) is 3.09. The molecule has 1 fully saturated rings. The fourth-order valence-electron chi connectivity index (χ4n) is 2.13. The fraction of sp³-hybridized carbons (Fsp3) is 0.412. The number of allylic oxidation sites excluding steroid dienone is 3. The molecule has 0 unspecified atom stereocenters. The van der Waals surface area contributed by atoms with Gasteiger partial charge in [0.05, 0.1) is 0 Å². The molecule has 1 aliphatic carbocycles. The van der Waals surface area contributed by atoms with Gasteiger partial charge in [0.1, 0.15) is 0 Å². The van der Waals surface area contributed by atoms with Crippen molar-refractivity contribution in [3.8, 4) is 0 Å². The van der Waals surface area contributed by atoms with Crippen LogP contribution in [-0.2, 0) is 6.54 Å². The normalized spacial score (nSPS) is 15.8. The average Bonchev–Trinajstić information content (AvgIpc) is 3.03. The second kappa shape index (κ2) is 5.01. The van der Waals surface area contributed by atoms with Crippen molar-refractivity contribution < 1.29 is 0 Å². The molecule has 0 saturated heterocycles. The molecule has 0 spiro atoms. The Morgan fingerprint density at radius 3 is 2.56 bits per heavy atom. The van der Waals surface area contributed by atoms with Crippen LogP contribution in [0.25, 0.3) is 18.2 Å². The Bertz CT molecular complexity index is 590. The van der Waals surface area contributed by atoms with Gasteiger partial charge in [0.15, 0.2) is 0 Å². The Kier molecular flexibility index (Phi) is 3.60. The molecule has 0 aliphatic heterocycles. The topological polar surface area (TPSA) is 4.93 Å². The van der Waals surface area contributed by atoms with Crippen LogP contribution in [0.4, 0.5) is 0 Å². The summed E-state index contributed by atoms with van der Waals surface area (Å²) in [4.78, 5) is 0. The van der Waals surface area contributed by atoms with Gasteiger partial charge in [0.25, 0.3) is 0 Å². The summed E-state index contributed by atoms with van der Waals surface area (Å²) in [7, 11) is 0. The van der Waals surface area contributed by atoms with Gasteiger partial charge in [0.2, 0.25) is 0 Å². The monoisotopic (exact) mass is 241 g/mol. The molecule has 18 heavy (non-hydrogen) atoms. The van der Waals surface area contributed by atoms with E-state index < -0.39 is 0 Å². The summed E-state index contributed by atoms with van der Waals surface area (Å²) in [6.45, 7) is 15.7. The number of rotatable bonds is 4. The lowest BCUT2D eigenvalue weighted by atomic mass is 10.2. The van der Waals surface area contributed by atoms with Gasteiger partial charge < -0.3 is 4.57 Å². The summed E-state index contributed by atoms with van der Waals surface area (Å²) in [5.41, 5.74) is 3.67. The Morgan fingerprint density at radius 2 is 2.06 bits per heavy atom. The molecular formula is C17H23N. The van der Waals surface area contributed by atoms with Crippen molar-refractivity contribution >= 4 is 18.2 Å². The molecule has 2 rings (SSSR count). The molecular weight excluding hydrogens is 218 g/mol. The highest BCUT2D eigenvalue weighted by Gasteiger charge is 2.22. The zero-order valence-electron chi connectivity index (χ0n) is 11.8. The quantitative estimate of drug-likeness (QED) is 0.763. The molecule has 1 nitrogen and oxygen atoms in total. The first kappa shape index (κ1) is 12.9. The van der Waals surface area contributed by atoms with E-state index in [0.29, 0.717) is 0 Å². The first-order chi connectivity index (χ1) is 8.49. The van der Waals surface area contributed by atoms with Crippen LogP contribution in [-0.4, -0.2) is 4.57 Å². The lowest BCUT2D eigenvalue weighted by molar-refractivity contribution is 0.611. The van der Waals surface area contributed by atoms with E-state index in [1.807, 2.05) is 0 Å². The highest BCUT2D eigenvalue weighted by atomic mass is 15.0. The maximum atomic E-state index is 4.24. The minimum absolute atomic E-state index is 0.854. The van der Waals surface area contributed by atoms with Gasteiger partial charge in [-0.3, -0.25) is 0 Å². The van der Waals surface area contributed by atoms with Crippen LogP contribution in [0.3, 0.4) is 0 Å². The summed E-state index contributed by atoms with van der Waals surface area (Å²) in [6, 6.07) is 2.21. The lowest BCUT2D eigenvalue weighted by Gasteiger charge is -2.08. The van der Waals surface area contributed by atoms with Gasteiger partial charge in [-0.1, -0.05) is 30.9 Å². The third-order valence-corrected chi connectivity index (χ3v) is 3.41. The van der Waals surface area contributed by atoms with Crippen LogP contribution in [0.1, 0.15) is 39.3 Å². The second-order valence-corrected chi connectivity index (χ2v) is 5.68. The van der Waals surface area contributed by atoms with E-state index >= 15 is 0 Å². The first-order valence-corrected chi connectivity index (χ1v) is 6.68. The summed E-state index contributed by atoms with van der Waals surface area (Å²) >= 11 is 0. The van der Waals surface area contributed by atoms with Crippen molar-refractivity contribution in [2.45, 2.75) is 40.2 Å². The zero-order chi connectivity index (χ0) is 13.3. The number of hydrogen-bond acceptors (Lipinski definition) is 0. The molecule has 0 N–H and O–H groups in total. The van der Waals surface area contributed by atoms with Gasteiger partial charge in [-0.2, -0.15) is 0 Å². The Labute approximate surface area is 110 Å². The third-order valence-electron chi connectivity index (χ3n) is 3.41. The van der Waals surface area contributed by atoms with Crippen LogP contribution < -0.4 is 10.6 Å². The van der Waals surface area contributed by atoms with Crippen molar-refractivity contribution in [2.75, 3.05) is 0 Å². The molecule has 1 heteroatoms. The molecule has 0 radical (unpaired) electrons. The molecule has 1 aromatic rings. The molecule has 1 aromatic heterocycles. The summed E-state index contributed by atoms with van der Waals surface area (Å²) in [5.74, 6) is 0.854. The number of aromatic nitrogens is 1. The molecule has 1 heterocycles. The Balaban J connectivity index is 2.49. The minimum Gasteiger partial charge on any atom is -0.341 e. The van der Waals surface area contributed by atoms with E-state index in [0.717, 1.165) is 23.4 Å². The summed E-state index contributed by atoms with van der Waals surface area (Å²) in [5, 5.41) is 2.34. The van der Waals surface area contributed by atoms with E-state index in [4.69, 9.17) is 0 Å². The highest BCUT2D eigenvalue weighted by molar-refractivity contribution is 5.59. The third kappa shape index (κ3) is 2.84. The fourth-order valence-corrected chi connectivity index (χ4v) is 2.13. The van der Waals surface area contributed by atoms with Crippen LogP contribution in [0.5, 0.6) is 0 Å². The maximum absolute atomic E-state index is 4.24. The number of nitrogens with zero attached hydrogens (tertiary/aromatic N) is 1. The van der Waals surface area contributed by atoms with Crippen LogP contribution in [0.15, 0.2) is 24.3 Å². The van der Waals surface area contributed by atoms with Gasteiger partial charge >= 0.3 is 0 Å². The van der Waals surface area contributed by atoms with Crippen LogP contribution in [0.2, 0.25) is 0 Å². The smallest absolute Gasteiger partial charge is 0.0441 e. The van der Waals surface area contributed by atoms with E-state index in [9.17, 15) is 0 Å². The lowest BCUT2D eigenvalue weighted by Crippen LogP contribution is -2.28. The molecule has 0 bridgehead atoms. The van der Waals surface area contributed by atoms with Crippen LogP contribution in [0, 0.1) is 5.92 Å². The average molecular weight is 241 g/mol. The summed E-state index contributed by atoms with van der Waals surface area (Å²) in [6.07, 6.45) is 7.03. The van der Waals surface area contributed by atoms with Crippen molar-refractivity contribution in [3.63, 3.8) is 0 Å². The van der Waals surface area contributed by atoms with Crippen molar-refractivity contribution in [1.82, 2.24) is 4.57 Å². The molecule has 1 saturated carbocycles. The van der Waals surface area contributed by atoms with E-state index in [2.05, 4.69) is 56.7 Å². The molecule has 96 valence electrons. The SMILES string of the molecule is C=C(C)c1c/c(=C/C=C(C)C)c(=C)n1CC1CC1. The molecule has 1 aliphatic rings. The second-order valence-electron chi connectivity index (χ2n) is 5.68. The van der Waals surface area contributed by atoms with Crippen molar-refractivity contribution in [1.29, 1.82) is 0 Å². The first-order valence-electron chi connectivity index (χ1n) is 6.68. The Morgan fingerprint density at radius 1 is 1.39 bits per heavy atom. The van der Waals surface area contributed by atoms with Gasteiger partial charge in [0, 0.05) is 17.6 Å². The standard InChI is InChI=1S/C17H23N/c1-12(2)6-9-16-10-17(13(3)4)18(14(16)5)11-15-7-8-15/h6,9-10,15H,3,5,7-8,11H2,1-2,4H3/b16-9-. The maximum Gasteiger partial charge on any atom is 0.0441 e. The predicted molar refractivity (Wildman–Crippen MR) is 80.5 cm³/mol. The van der Waals surface area contributed by atoms with Gasteiger partial charge in [-0.25, -0.2) is 0 Å². The van der Waals surface area contributed by atoms with Crippen LogP contribution >= 0.6 is 0 Å². The van der Waals surface area contributed by atoms with Gasteiger partial charge in [-0.15, -0.1) is 0 Å². The molecule has 0 aromatic carbocycles. The van der Waals surface area contributed by atoms with Crippen molar-refractivity contribution in [2.24, 2.45) is 5.92 Å². The zero-order valence-corrected chi connectivity index (χ0v) is 11.8. The number of hydrogen-bond donors (Lipinski definition) is 0.